The van der Waals surface area contributed by atoms with Crippen molar-refractivity contribution in [2.24, 2.45) is 11.3 Å². The molecule has 1 aliphatic rings. The predicted octanol–water partition coefficient (Wildman–Crippen LogP) is 3.97. The zero-order chi connectivity index (χ0) is 21.9. The largest absolute Gasteiger partial charge is 0.481 e. The van der Waals surface area contributed by atoms with Crippen molar-refractivity contribution in [2.45, 2.75) is 79.1 Å². The topological polar surface area (TPSA) is 95.5 Å². The Labute approximate surface area is 175 Å². The maximum absolute atomic E-state index is 12.6. The molecule has 1 amide bonds. The van der Waals surface area contributed by atoms with E-state index in [4.69, 9.17) is 0 Å². The van der Waals surface area contributed by atoms with Gasteiger partial charge in [-0.05, 0) is 55.6 Å². The summed E-state index contributed by atoms with van der Waals surface area (Å²) in [6.45, 7) is 9.41. The Hall–Kier alpha value is -2.11. The molecule has 0 aromatic rings. The smallest absolute Gasteiger partial charge is 0.303 e. The third-order valence-electron chi connectivity index (χ3n) is 5.72. The van der Waals surface area contributed by atoms with Gasteiger partial charge in [0.15, 0.2) is 6.29 Å². The van der Waals surface area contributed by atoms with Gasteiger partial charge in [0.25, 0.3) is 5.91 Å². The Morgan fingerprint density at radius 3 is 2.31 bits per heavy atom. The number of aliphatic carboxylic acids is 1. The number of nitrogens with one attached hydrogen (secondary N) is 2. The zero-order valence-corrected chi connectivity index (χ0v) is 18.5. The molecule has 0 aromatic carbocycles. The van der Waals surface area contributed by atoms with Crippen molar-refractivity contribution in [3.63, 3.8) is 0 Å². The number of carbonyl (C=O) groups is 3. The Bertz CT molecular complexity index is 629. The summed E-state index contributed by atoms with van der Waals surface area (Å²) in [6, 6.07) is 0. The summed E-state index contributed by atoms with van der Waals surface area (Å²) in [5.41, 5.74) is 1.55. The minimum absolute atomic E-state index is 0.0477. The second-order valence-electron chi connectivity index (χ2n) is 8.66. The van der Waals surface area contributed by atoms with Gasteiger partial charge in [-0.2, -0.15) is 0 Å². The first-order chi connectivity index (χ1) is 13.7. The van der Waals surface area contributed by atoms with Gasteiger partial charge < -0.3 is 15.7 Å². The van der Waals surface area contributed by atoms with Crippen LogP contribution in [0.25, 0.3) is 0 Å². The van der Waals surface area contributed by atoms with E-state index in [1.807, 2.05) is 13.8 Å². The predicted molar refractivity (Wildman–Crippen MR) is 115 cm³/mol. The van der Waals surface area contributed by atoms with Gasteiger partial charge in [0.05, 0.1) is 12.0 Å². The molecule has 1 aliphatic carbocycles. The van der Waals surface area contributed by atoms with Crippen LogP contribution in [0.15, 0.2) is 22.9 Å². The van der Waals surface area contributed by atoms with Crippen LogP contribution in [0.3, 0.4) is 0 Å². The molecule has 0 saturated heterocycles. The van der Waals surface area contributed by atoms with Crippen molar-refractivity contribution < 1.29 is 19.5 Å². The maximum atomic E-state index is 12.6. The molecular formula is C23H38N2O4. The van der Waals surface area contributed by atoms with Crippen LogP contribution in [0.5, 0.6) is 0 Å². The van der Waals surface area contributed by atoms with E-state index in [-0.39, 0.29) is 12.0 Å². The molecule has 164 valence electrons. The second-order valence-corrected chi connectivity index (χ2v) is 8.66. The zero-order valence-electron chi connectivity index (χ0n) is 18.5. The van der Waals surface area contributed by atoms with Crippen molar-refractivity contribution in [3.8, 4) is 0 Å². The van der Waals surface area contributed by atoms with Crippen LogP contribution >= 0.6 is 0 Å². The molecule has 3 N–H and O–H groups in total. The number of amides is 1. The van der Waals surface area contributed by atoms with E-state index >= 15 is 0 Å². The minimum Gasteiger partial charge on any atom is -0.481 e. The van der Waals surface area contributed by atoms with E-state index in [9.17, 15) is 19.5 Å². The number of hydrogen-bond acceptors (Lipinski definition) is 4. The summed E-state index contributed by atoms with van der Waals surface area (Å²) in [6.07, 6.45) is 8.71. The average molecular weight is 407 g/mol. The van der Waals surface area contributed by atoms with Crippen molar-refractivity contribution in [1.82, 2.24) is 10.6 Å². The first-order valence-corrected chi connectivity index (χ1v) is 10.8. The third-order valence-corrected chi connectivity index (χ3v) is 5.72. The van der Waals surface area contributed by atoms with Gasteiger partial charge in [0, 0.05) is 18.8 Å². The molecule has 29 heavy (non-hydrogen) atoms. The normalized spacial score (nSPS) is 17.5. The van der Waals surface area contributed by atoms with Gasteiger partial charge in [-0.25, -0.2) is 0 Å². The summed E-state index contributed by atoms with van der Waals surface area (Å²) in [7, 11) is 0. The molecule has 6 nitrogen and oxygen atoms in total. The minimum atomic E-state index is -0.842. The second kappa shape index (κ2) is 12.5. The number of hydrogen-bond donors (Lipinski definition) is 3. The van der Waals surface area contributed by atoms with Crippen molar-refractivity contribution in [3.05, 3.63) is 22.9 Å². The molecule has 0 spiro atoms. The molecule has 0 heterocycles. The first kappa shape index (κ1) is 24.9. The number of allylic oxidation sites excluding steroid dienone is 3. The van der Waals surface area contributed by atoms with E-state index in [1.54, 1.807) is 6.08 Å². The molecule has 0 unspecified atom stereocenters. The lowest BCUT2D eigenvalue weighted by molar-refractivity contribution is -0.140. The van der Waals surface area contributed by atoms with Crippen LogP contribution in [0.1, 0.15) is 79.1 Å². The quantitative estimate of drug-likeness (QED) is 0.150. The summed E-state index contributed by atoms with van der Waals surface area (Å²) in [4.78, 5) is 35.4. The first-order valence-electron chi connectivity index (χ1n) is 10.8. The molecule has 0 aliphatic heterocycles. The van der Waals surface area contributed by atoms with E-state index in [0.717, 1.165) is 62.8 Å². The summed E-state index contributed by atoms with van der Waals surface area (Å²) in [5, 5.41) is 15.5. The van der Waals surface area contributed by atoms with Crippen LogP contribution in [0.4, 0.5) is 0 Å². The van der Waals surface area contributed by atoms with Crippen LogP contribution in [0.2, 0.25) is 0 Å². The Morgan fingerprint density at radius 1 is 1.14 bits per heavy atom. The van der Waals surface area contributed by atoms with E-state index in [0.29, 0.717) is 18.7 Å². The molecule has 1 saturated carbocycles. The van der Waals surface area contributed by atoms with Gasteiger partial charge in [-0.1, -0.05) is 40.0 Å². The van der Waals surface area contributed by atoms with Crippen molar-refractivity contribution >= 4 is 18.2 Å². The molecule has 0 radical (unpaired) electrons. The standard InChI is InChI=1S/C23H38N2O4/c1-5-20(24-12-9-17(2)3)18(4)13-19(15-26)22(29)25-16-23(14-21(27)28)10-7-6-8-11-23/h13,15,17,24H,5-12,14,16H2,1-4H3,(H,25,29)(H,27,28)/b19-13+,20-18-. The lowest BCUT2D eigenvalue weighted by Crippen LogP contribution is -2.41. The van der Waals surface area contributed by atoms with Gasteiger partial charge in [0.1, 0.15) is 0 Å². The highest BCUT2D eigenvalue weighted by molar-refractivity contribution is 6.10. The van der Waals surface area contributed by atoms with E-state index in [1.165, 1.54) is 0 Å². The van der Waals surface area contributed by atoms with Crippen molar-refractivity contribution in [2.75, 3.05) is 13.1 Å². The summed E-state index contributed by atoms with van der Waals surface area (Å²) < 4.78 is 0. The highest BCUT2D eigenvalue weighted by atomic mass is 16.4. The number of carboxylic acid groups (broad SMARTS) is 1. The summed E-state index contributed by atoms with van der Waals surface area (Å²) >= 11 is 0. The molecule has 1 fully saturated rings. The Morgan fingerprint density at radius 2 is 1.79 bits per heavy atom. The third kappa shape index (κ3) is 8.84. The fraction of sp³-hybridized carbons (Fsp3) is 0.696. The van der Waals surface area contributed by atoms with Crippen LogP contribution in [-0.4, -0.2) is 36.4 Å². The van der Waals surface area contributed by atoms with Gasteiger partial charge in [-0.3, -0.25) is 14.4 Å². The van der Waals surface area contributed by atoms with Gasteiger partial charge in [-0.15, -0.1) is 0 Å². The fourth-order valence-electron chi connectivity index (χ4n) is 3.94. The molecular weight excluding hydrogens is 368 g/mol. The van der Waals surface area contributed by atoms with Crippen molar-refractivity contribution in [1.29, 1.82) is 0 Å². The van der Waals surface area contributed by atoms with Gasteiger partial charge in [0.2, 0.25) is 0 Å². The molecule has 0 aromatic heterocycles. The van der Waals surface area contributed by atoms with Crippen LogP contribution < -0.4 is 10.6 Å². The highest BCUT2D eigenvalue weighted by Gasteiger charge is 2.34. The van der Waals surface area contributed by atoms with Gasteiger partial charge >= 0.3 is 5.97 Å². The highest BCUT2D eigenvalue weighted by Crippen LogP contribution is 2.38. The average Bonchev–Trinajstić information content (AvgIpc) is 2.67. The van der Waals surface area contributed by atoms with E-state index in [2.05, 4.69) is 24.5 Å². The Balaban J connectivity index is 2.83. The van der Waals surface area contributed by atoms with E-state index < -0.39 is 17.3 Å². The number of carboxylic acids is 1. The number of carbonyl (C=O) groups excluding carboxylic acids is 2. The molecule has 0 atom stereocenters. The summed E-state index contributed by atoms with van der Waals surface area (Å²) in [5.74, 6) is -0.677. The SMILES string of the molecule is CC/C(NCCC(C)C)=C(C)/C=C(\C=O)C(=O)NCC1(CC(=O)O)CCCCC1. The van der Waals surface area contributed by atoms with Crippen LogP contribution in [-0.2, 0) is 14.4 Å². The molecule has 1 rings (SSSR count). The van der Waals surface area contributed by atoms with Crippen LogP contribution in [0, 0.1) is 11.3 Å². The molecule has 6 heteroatoms. The fourth-order valence-corrected chi connectivity index (χ4v) is 3.94. The Kier molecular flexibility index (Phi) is 10.7. The lowest BCUT2D eigenvalue weighted by atomic mass is 9.71. The molecule has 0 bridgehead atoms. The maximum Gasteiger partial charge on any atom is 0.303 e. The number of aldehydes is 1. The monoisotopic (exact) mass is 406 g/mol. The lowest BCUT2D eigenvalue weighted by Gasteiger charge is -2.36. The number of rotatable bonds is 12.